The highest BCUT2D eigenvalue weighted by molar-refractivity contribution is 5.81. The molecule has 19 heavy (non-hydrogen) atoms. The standard InChI is InChI=1S/C13H22FNO4/c1-5-18-10(16)13(14)7-6-8-15(9-13)11(17)19-12(2,3)4/h5-9H2,1-4H3/t13-/m0/s1. The second-order valence-corrected chi connectivity index (χ2v) is 5.69. The number of ether oxygens (including phenoxy) is 2. The highest BCUT2D eigenvalue weighted by atomic mass is 19.1. The number of likely N-dealkylation sites (tertiary alicyclic amines) is 1. The van der Waals surface area contributed by atoms with Crippen molar-refractivity contribution in [3.63, 3.8) is 0 Å². The van der Waals surface area contributed by atoms with E-state index in [9.17, 15) is 14.0 Å². The van der Waals surface area contributed by atoms with Crippen LogP contribution in [0.4, 0.5) is 9.18 Å². The maximum Gasteiger partial charge on any atom is 0.410 e. The summed E-state index contributed by atoms with van der Waals surface area (Å²) < 4.78 is 24.4. The lowest BCUT2D eigenvalue weighted by Crippen LogP contribution is -2.53. The third-order valence-electron chi connectivity index (χ3n) is 2.74. The van der Waals surface area contributed by atoms with Crippen molar-refractivity contribution in [3.8, 4) is 0 Å². The van der Waals surface area contributed by atoms with E-state index in [1.54, 1.807) is 27.7 Å². The topological polar surface area (TPSA) is 55.8 Å². The molecule has 0 aromatic carbocycles. The summed E-state index contributed by atoms with van der Waals surface area (Å²) in [6.07, 6.45) is -0.113. The molecule has 0 spiro atoms. The maximum atomic E-state index is 14.5. The van der Waals surface area contributed by atoms with Crippen LogP contribution >= 0.6 is 0 Å². The van der Waals surface area contributed by atoms with Crippen molar-refractivity contribution in [1.82, 2.24) is 4.90 Å². The van der Waals surface area contributed by atoms with E-state index in [0.29, 0.717) is 13.0 Å². The number of nitrogens with zero attached hydrogens (tertiary/aromatic N) is 1. The van der Waals surface area contributed by atoms with E-state index in [4.69, 9.17) is 9.47 Å². The molecule has 0 unspecified atom stereocenters. The van der Waals surface area contributed by atoms with Gasteiger partial charge < -0.3 is 14.4 Å². The SMILES string of the molecule is CCOC(=O)[C@]1(F)CCCN(C(=O)OC(C)(C)C)C1. The van der Waals surface area contributed by atoms with Gasteiger partial charge in [-0.15, -0.1) is 0 Å². The van der Waals surface area contributed by atoms with Crippen molar-refractivity contribution in [2.75, 3.05) is 19.7 Å². The second kappa shape index (κ2) is 5.75. The van der Waals surface area contributed by atoms with Crippen LogP contribution in [-0.4, -0.2) is 47.9 Å². The van der Waals surface area contributed by atoms with Gasteiger partial charge in [-0.1, -0.05) is 0 Å². The molecule has 5 nitrogen and oxygen atoms in total. The van der Waals surface area contributed by atoms with Crippen LogP contribution in [0.3, 0.4) is 0 Å². The molecular weight excluding hydrogens is 253 g/mol. The largest absolute Gasteiger partial charge is 0.464 e. The van der Waals surface area contributed by atoms with Crippen LogP contribution in [0.1, 0.15) is 40.5 Å². The van der Waals surface area contributed by atoms with Gasteiger partial charge in [-0.3, -0.25) is 0 Å². The van der Waals surface area contributed by atoms with Crippen LogP contribution in [0.5, 0.6) is 0 Å². The first-order valence-electron chi connectivity index (χ1n) is 6.52. The summed E-state index contributed by atoms with van der Waals surface area (Å²) >= 11 is 0. The fourth-order valence-electron chi connectivity index (χ4n) is 1.92. The maximum absolute atomic E-state index is 14.5. The van der Waals surface area contributed by atoms with E-state index >= 15 is 0 Å². The molecule has 0 radical (unpaired) electrons. The van der Waals surface area contributed by atoms with Crippen molar-refractivity contribution < 1.29 is 23.5 Å². The Bertz CT molecular complexity index is 353. The van der Waals surface area contributed by atoms with Crippen LogP contribution in [0.2, 0.25) is 0 Å². The van der Waals surface area contributed by atoms with Crippen LogP contribution in [-0.2, 0) is 14.3 Å². The number of carbonyl (C=O) groups is 2. The quantitative estimate of drug-likeness (QED) is 0.726. The number of piperidine rings is 1. The Labute approximate surface area is 113 Å². The number of alkyl halides is 1. The van der Waals surface area contributed by atoms with E-state index in [1.807, 2.05) is 0 Å². The zero-order chi connectivity index (χ0) is 14.7. The fourth-order valence-corrected chi connectivity index (χ4v) is 1.92. The highest BCUT2D eigenvalue weighted by Crippen LogP contribution is 2.27. The Kier molecular flexibility index (Phi) is 4.76. The monoisotopic (exact) mass is 275 g/mol. The number of carbonyl (C=O) groups excluding carboxylic acids is 2. The highest BCUT2D eigenvalue weighted by Gasteiger charge is 2.46. The molecule has 1 heterocycles. The third-order valence-corrected chi connectivity index (χ3v) is 2.74. The molecule has 1 amide bonds. The molecule has 1 aliphatic rings. The van der Waals surface area contributed by atoms with Crippen LogP contribution < -0.4 is 0 Å². The average Bonchev–Trinajstić information content (AvgIpc) is 2.27. The van der Waals surface area contributed by atoms with E-state index < -0.39 is 23.3 Å². The summed E-state index contributed by atoms with van der Waals surface area (Å²) in [5.41, 5.74) is -2.76. The molecule has 1 fully saturated rings. The molecule has 1 rings (SSSR count). The predicted octanol–water partition coefficient (Wildman–Crippen LogP) is 2.29. The van der Waals surface area contributed by atoms with Crippen LogP contribution in [0, 0.1) is 0 Å². The van der Waals surface area contributed by atoms with Crippen LogP contribution in [0.15, 0.2) is 0 Å². The summed E-state index contributed by atoms with van der Waals surface area (Å²) in [5, 5.41) is 0. The van der Waals surface area contributed by atoms with Crippen LogP contribution in [0.25, 0.3) is 0 Å². The van der Waals surface area contributed by atoms with Gasteiger partial charge in [0.05, 0.1) is 13.2 Å². The minimum atomic E-state index is -2.12. The summed E-state index contributed by atoms with van der Waals surface area (Å²) in [7, 11) is 0. The van der Waals surface area contributed by atoms with E-state index in [-0.39, 0.29) is 19.6 Å². The molecule has 0 N–H and O–H groups in total. The molecule has 1 saturated heterocycles. The van der Waals surface area contributed by atoms with Gasteiger partial charge in [-0.25, -0.2) is 14.0 Å². The Morgan fingerprint density at radius 3 is 2.53 bits per heavy atom. The number of rotatable bonds is 2. The molecule has 0 saturated carbocycles. The van der Waals surface area contributed by atoms with Gasteiger partial charge in [0, 0.05) is 6.54 Å². The molecule has 0 aliphatic carbocycles. The van der Waals surface area contributed by atoms with Gasteiger partial charge >= 0.3 is 12.1 Å². The Hall–Kier alpha value is -1.33. The van der Waals surface area contributed by atoms with E-state index in [1.165, 1.54) is 4.90 Å². The molecule has 0 aromatic rings. The molecule has 1 aliphatic heterocycles. The summed E-state index contributed by atoms with van der Waals surface area (Å²) in [6, 6.07) is 0. The van der Waals surface area contributed by atoms with Crippen molar-refractivity contribution in [2.24, 2.45) is 0 Å². The first-order chi connectivity index (χ1) is 8.68. The number of hydrogen-bond donors (Lipinski definition) is 0. The predicted molar refractivity (Wildman–Crippen MR) is 67.5 cm³/mol. The minimum absolute atomic E-state index is 0.0745. The number of halogens is 1. The van der Waals surface area contributed by atoms with Gasteiger partial charge in [0.2, 0.25) is 5.67 Å². The molecule has 6 heteroatoms. The summed E-state index contributed by atoms with van der Waals surface area (Å²) in [4.78, 5) is 24.7. The Balaban J connectivity index is 2.68. The minimum Gasteiger partial charge on any atom is -0.464 e. The lowest BCUT2D eigenvalue weighted by atomic mass is 9.95. The average molecular weight is 275 g/mol. The molecule has 0 bridgehead atoms. The zero-order valence-electron chi connectivity index (χ0n) is 12.0. The fraction of sp³-hybridized carbons (Fsp3) is 0.846. The van der Waals surface area contributed by atoms with Gasteiger partial charge in [0.15, 0.2) is 0 Å². The van der Waals surface area contributed by atoms with Crippen molar-refractivity contribution in [2.45, 2.75) is 51.8 Å². The number of esters is 1. The normalized spacial score (nSPS) is 23.9. The summed E-state index contributed by atoms with van der Waals surface area (Å²) in [6.45, 7) is 7.04. The van der Waals surface area contributed by atoms with Gasteiger partial charge in [0.25, 0.3) is 0 Å². The summed E-state index contributed by atoms with van der Waals surface area (Å²) in [5.74, 6) is -0.900. The lowest BCUT2D eigenvalue weighted by molar-refractivity contribution is -0.160. The molecule has 0 aromatic heterocycles. The first kappa shape index (κ1) is 15.7. The number of amides is 1. The van der Waals surface area contributed by atoms with Gasteiger partial charge in [0.1, 0.15) is 5.60 Å². The van der Waals surface area contributed by atoms with Crippen molar-refractivity contribution in [1.29, 1.82) is 0 Å². The van der Waals surface area contributed by atoms with Crippen molar-refractivity contribution >= 4 is 12.1 Å². The Morgan fingerprint density at radius 1 is 1.37 bits per heavy atom. The molecule has 1 atom stereocenters. The Morgan fingerprint density at radius 2 is 2.00 bits per heavy atom. The van der Waals surface area contributed by atoms with Crippen molar-refractivity contribution in [3.05, 3.63) is 0 Å². The smallest absolute Gasteiger partial charge is 0.410 e. The van der Waals surface area contributed by atoms with Gasteiger partial charge in [-0.2, -0.15) is 0 Å². The van der Waals surface area contributed by atoms with Gasteiger partial charge in [-0.05, 0) is 40.5 Å². The number of hydrogen-bond acceptors (Lipinski definition) is 4. The lowest BCUT2D eigenvalue weighted by Gasteiger charge is -2.36. The molecular formula is C13H22FNO4. The first-order valence-corrected chi connectivity index (χ1v) is 6.52. The van der Waals surface area contributed by atoms with E-state index in [2.05, 4.69) is 0 Å². The molecule has 110 valence electrons. The zero-order valence-corrected chi connectivity index (χ0v) is 12.0. The third kappa shape index (κ3) is 4.36. The van der Waals surface area contributed by atoms with E-state index in [0.717, 1.165) is 0 Å². The second-order valence-electron chi connectivity index (χ2n) is 5.69.